The first kappa shape index (κ1) is 10.4. The van der Waals surface area contributed by atoms with E-state index in [2.05, 4.69) is 32.7 Å². The smallest absolute Gasteiger partial charge is 0.168 e. The van der Waals surface area contributed by atoms with Crippen LogP contribution < -0.4 is 5.32 Å². The van der Waals surface area contributed by atoms with Gasteiger partial charge in [0, 0.05) is 5.54 Å². The molecule has 64 valence electrons. The lowest BCUT2D eigenvalue weighted by Crippen LogP contribution is -2.41. The van der Waals surface area contributed by atoms with E-state index in [1.165, 1.54) is 6.08 Å². The molecular weight excluding hydrogens is 138 g/mol. The fraction of sp³-hybridized carbons (Fsp3) is 0.667. The van der Waals surface area contributed by atoms with E-state index >= 15 is 0 Å². The summed E-state index contributed by atoms with van der Waals surface area (Å²) in [6.07, 6.45) is 2.36. The van der Waals surface area contributed by atoms with Crippen LogP contribution in [-0.4, -0.2) is 17.9 Å². The maximum absolute atomic E-state index is 10.8. The zero-order valence-electron chi connectivity index (χ0n) is 7.61. The highest BCUT2D eigenvalue weighted by Gasteiger charge is 2.13. The monoisotopic (exact) mass is 155 g/mol. The van der Waals surface area contributed by atoms with Crippen molar-refractivity contribution in [3.63, 3.8) is 0 Å². The Morgan fingerprint density at radius 2 is 2.18 bits per heavy atom. The van der Waals surface area contributed by atoms with Crippen molar-refractivity contribution >= 4 is 5.78 Å². The number of rotatable bonds is 5. The first-order valence-corrected chi connectivity index (χ1v) is 3.92. The summed E-state index contributed by atoms with van der Waals surface area (Å²) < 4.78 is 0. The Morgan fingerprint density at radius 1 is 1.64 bits per heavy atom. The quantitative estimate of drug-likeness (QED) is 0.610. The van der Waals surface area contributed by atoms with Crippen molar-refractivity contribution in [2.75, 3.05) is 6.54 Å². The molecule has 0 amide bonds. The summed E-state index contributed by atoms with van der Waals surface area (Å²) in [6.45, 7) is 10.0. The Kier molecular flexibility index (Phi) is 4.04. The second-order valence-corrected chi connectivity index (χ2v) is 3.26. The lowest BCUT2D eigenvalue weighted by molar-refractivity contribution is -0.114. The predicted molar refractivity (Wildman–Crippen MR) is 47.6 cm³/mol. The Hall–Kier alpha value is -0.630. The fourth-order valence-corrected chi connectivity index (χ4v) is 0.524. The molecule has 2 nitrogen and oxygen atoms in total. The van der Waals surface area contributed by atoms with Gasteiger partial charge in [-0.15, -0.1) is 0 Å². The van der Waals surface area contributed by atoms with Crippen LogP contribution in [0.1, 0.15) is 27.2 Å². The number of ketones is 1. The van der Waals surface area contributed by atoms with Crippen LogP contribution in [0.15, 0.2) is 12.7 Å². The number of hydrogen-bond donors (Lipinski definition) is 1. The summed E-state index contributed by atoms with van der Waals surface area (Å²) in [5, 5.41) is 3.14. The number of hydrogen-bond acceptors (Lipinski definition) is 2. The van der Waals surface area contributed by atoms with Crippen molar-refractivity contribution in [1.82, 2.24) is 5.32 Å². The molecule has 0 saturated carbocycles. The van der Waals surface area contributed by atoms with Crippen molar-refractivity contribution in [3.05, 3.63) is 12.7 Å². The zero-order chi connectivity index (χ0) is 8.91. The minimum absolute atomic E-state index is 0.0477. The molecular formula is C9H17NO. The van der Waals surface area contributed by atoms with Crippen LogP contribution in [0.3, 0.4) is 0 Å². The van der Waals surface area contributed by atoms with E-state index in [1.54, 1.807) is 0 Å². The van der Waals surface area contributed by atoms with Crippen LogP contribution in [-0.2, 0) is 4.79 Å². The topological polar surface area (TPSA) is 29.1 Å². The van der Waals surface area contributed by atoms with Gasteiger partial charge >= 0.3 is 0 Å². The number of nitrogens with one attached hydrogen (secondary N) is 1. The SMILES string of the molecule is C=CC(=O)CNC(C)(C)CC. The molecule has 1 N–H and O–H groups in total. The van der Waals surface area contributed by atoms with E-state index in [0.29, 0.717) is 6.54 Å². The van der Waals surface area contributed by atoms with Crippen LogP contribution in [0.2, 0.25) is 0 Å². The third kappa shape index (κ3) is 4.73. The molecule has 11 heavy (non-hydrogen) atoms. The Bertz CT molecular complexity index is 150. The Labute approximate surface area is 68.7 Å². The number of carbonyl (C=O) groups is 1. The van der Waals surface area contributed by atoms with Crippen molar-refractivity contribution in [1.29, 1.82) is 0 Å². The molecule has 0 radical (unpaired) electrons. The molecule has 0 aromatic heterocycles. The molecule has 0 fully saturated rings. The summed E-state index contributed by atoms with van der Waals surface area (Å²) >= 11 is 0. The molecule has 0 aliphatic heterocycles. The lowest BCUT2D eigenvalue weighted by Gasteiger charge is -2.23. The van der Waals surface area contributed by atoms with E-state index in [4.69, 9.17) is 0 Å². The van der Waals surface area contributed by atoms with Crippen LogP contribution in [0.25, 0.3) is 0 Å². The van der Waals surface area contributed by atoms with Crippen molar-refractivity contribution in [2.24, 2.45) is 0 Å². The van der Waals surface area contributed by atoms with Gasteiger partial charge in [0.05, 0.1) is 6.54 Å². The summed E-state index contributed by atoms with van der Waals surface area (Å²) in [6, 6.07) is 0. The molecule has 0 atom stereocenters. The minimum Gasteiger partial charge on any atom is -0.305 e. The lowest BCUT2D eigenvalue weighted by atomic mass is 10.0. The summed E-state index contributed by atoms with van der Waals surface area (Å²) in [5.41, 5.74) is 0.0542. The Morgan fingerprint density at radius 3 is 2.55 bits per heavy atom. The van der Waals surface area contributed by atoms with Crippen LogP contribution >= 0.6 is 0 Å². The maximum atomic E-state index is 10.8. The minimum atomic E-state index is 0.0477. The molecule has 0 aliphatic carbocycles. The standard InChI is InChI=1S/C9H17NO/c1-5-8(11)7-10-9(3,4)6-2/h5,10H,1,6-7H2,2-4H3. The van der Waals surface area contributed by atoms with Gasteiger partial charge in [-0.25, -0.2) is 0 Å². The highest BCUT2D eigenvalue weighted by atomic mass is 16.1. The van der Waals surface area contributed by atoms with Gasteiger partial charge in [-0.3, -0.25) is 4.79 Å². The van der Waals surface area contributed by atoms with Crippen molar-refractivity contribution in [3.8, 4) is 0 Å². The van der Waals surface area contributed by atoms with Gasteiger partial charge in [-0.05, 0) is 26.3 Å². The van der Waals surface area contributed by atoms with Crippen LogP contribution in [0, 0.1) is 0 Å². The van der Waals surface area contributed by atoms with Gasteiger partial charge in [-0.1, -0.05) is 13.5 Å². The fourth-order valence-electron chi connectivity index (χ4n) is 0.524. The molecule has 0 bridgehead atoms. The highest BCUT2D eigenvalue weighted by molar-refractivity contribution is 5.90. The molecule has 0 aliphatic rings. The molecule has 0 spiro atoms. The molecule has 0 unspecified atom stereocenters. The van der Waals surface area contributed by atoms with E-state index in [1.807, 2.05) is 0 Å². The molecule has 2 heteroatoms. The molecule has 0 saturated heterocycles. The largest absolute Gasteiger partial charge is 0.305 e. The number of carbonyl (C=O) groups excluding carboxylic acids is 1. The highest BCUT2D eigenvalue weighted by Crippen LogP contribution is 2.05. The van der Waals surface area contributed by atoms with Crippen molar-refractivity contribution < 1.29 is 4.79 Å². The molecule has 0 rings (SSSR count). The second kappa shape index (κ2) is 4.29. The predicted octanol–water partition coefficient (Wildman–Crippen LogP) is 1.52. The third-order valence-electron chi connectivity index (χ3n) is 1.85. The summed E-state index contributed by atoms with van der Waals surface area (Å²) in [4.78, 5) is 10.8. The van der Waals surface area contributed by atoms with Gasteiger partial charge in [-0.2, -0.15) is 0 Å². The van der Waals surface area contributed by atoms with E-state index in [0.717, 1.165) is 6.42 Å². The van der Waals surface area contributed by atoms with E-state index < -0.39 is 0 Å². The molecule has 0 aromatic rings. The summed E-state index contributed by atoms with van der Waals surface area (Å²) in [7, 11) is 0. The first-order chi connectivity index (χ1) is 5.02. The van der Waals surface area contributed by atoms with Gasteiger partial charge in [0.15, 0.2) is 5.78 Å². The normalized spacial score (nSPS) is 11.2. The first-order valence-electron chi connectivity index (χ1n) is 3.92. The van der Waals surface area contributed by atoms with E-state index in [9.17, 15) is 4.79 Å². The van der Waals surface area contributed by atoms with E-state index in [-0.39, 0.29) is 11.3 Å². The average Bonchev–Trinajstić information content (AvgIpc) is 2.00. The maximum Gasteiger partial charge on any atom is 0.168 e. The average molecular weight is 155 g/mol. The second-order valence-electron chi connectivity index (χ2n) is 3.26. The summed E-state index contributed by atoms with van der Waals surface area (Å²) in [5.74, 6) is 0.0477. The van der Waals surface area contributed by atoms with Gasteiger partial charge in [0.1, 0.15) is 0 Å². The van der Waals surface area contributed by atoms with Crippen LogP contribution in [0.5, 0.6) is 0 Å². The van der Waals surface area contributed by atoms with Gasteiger partial charge < -0.3 is 5.32 Å². The van der Waals surface area contributed by atoms with Crippen molar-refractivity contribution in [2.45, 2.75) is 32.7 Å². The van der Waals surface area contributed by atoms with Crippen LogP contribution in [0.4, 0.5) is 0 Å². The molecule has 0 heterocycles. The van der Waals surface area contributed by atoms with Gasteiger partial charge in [0.2, 0.25) is 0 Å². The zero-order valence-corrected chi connectivity index (χ0v) is 7.61. The third-order valence-corrected chi connectivity index (χ3v) is 1.85. The van der Waals surface area contributed by atoms with Gasteiger partial charge in [0.25, 0.3) is 0 Å². The Balaban J connectivity index is 3.69. The molecule has 0 aromatic carbocycles.